The van der Waals surface area contributed by atoms with Crippen molar-refractivity contribution in [1.82, 2.24) is 5.43 Å². The third-order valence-electron chi connectivity index (χ3n) is 3.04. The quantitative estimate of drug-likeness (QED) is 0.649. The Morgan fingerprint density at radius 3 is 2.94 bits per heavy atom. The van der Waals surface area contributed by atoms with Crippen LogP contribution in [0, 0.1) is 0 Å². The highest BCUT2D eigenvalue weighted by molar-refractivity contribution is 7.13. The zero-order chi connectivity index (χ0) is 11.0. The fourth-order valence-electron chi connectivity index (χ4n) is 2.25. The lowest BCUT2D eigenvalue weighted by Gasteiger charge is -2.11. The maximum Gasteiger partial charge on any atom is 0.0894 e. The van der Waals surface area contributed by atoms with Gasteiger partial charge in [-0.05, 0) is 42.3 Å². The van der Waals surface area contributed by atoms with E-state index in [1.807, 2.05) is 11.3 Å². The van der Waals surface area contributed by atoms with Gasteiger partial charge in [0.2, 0.25) is 0 Å². The Hall–Kier alpha value is -0.680. The van der Waals surface area contributed by atoms with E-state index in [0.717, 1.165) is 0 Å². The molecule has 0 radical (unpaired) electrons. The molecular weight excluding hydrogens is 236 g/mol. The molecule has 0 spiro atoms. The molecule has 0 saturated carbocycles. The van der Waals surface area contributed by atoms with Gasteiger partial charge >= 0.3 is 0 Å². The van der Waals surface area contributed by atoms with Crippen molar-refractivity contribution in [2.45, 2.75) is 25.3 Å². The summed E-state index contributed by atoms with van der Waals surface area (Å²) in [5.41, 5.74) is 4.47. The number of fused-ring (bicyclic) bond motifs is 1. The minimum absolute atomic E-state index is 0.176. The minimum atomic E-state index is 0.176. The maximum atomic E-state index is 5.68. The standard InChI is InChI=1S/C12H14N2S2/c13-14-12(10-5-2-6-15-10)11-7-8-3-1-4-9(8)16-11/h2,5-7,12,14H,1,3-4,13H2. The Labute approximate surface area is 103 Å². The summed E-state index contributed by atoms with van der Waals surface area (Å²) in [6.07, 6.45) is 3.82. The molecule has 0 saturated heterocycles. The zero-order valence-corrected chi connectivity index (χ0v) is 10.5. The van der Waals surface area contributed by atoms with Gasteiger partial charge in [-0.3, -0.25) is 5.84 Å². The summed E-state index contributed by atoms with van der Waals surface area (Å²) in [4.78, 5) is 4.21. The summed E-state index contributed by atoms with van der Waals surface area (Å²) in [6.45, 7) is 0. The third kappa shape index (κ3) is 1.72. The summed E-state index contributed by atoms with van der Waals surface area (Å²) < 4.78 is 0. The van der Waals surface area contributed by atoms with Crippen LogP contribution in [0.2, 0.25) is 0 Å². The van der Waals surface area contributed by atoms with Gasteiger partial charge in [-0.15, -0.1) is 22.7 Å². The maximum absolute atomic E-state index is 5.68. The van der Waals surface area contributed by atoms with Gasteiger partial charge in [0.05, 0.1) is 6.04 Å². The van der Waals surface area contributed by atoms with E-state index in [9.17, 15) is 0 Å². The predicted molar refractivity (Wildman–Crippen MR) is 69.8 cm³/mol. The molecule has 1 aliphatic rings. The van der Waals surface area contributed by atoms with Crippen LogP contribution in [0.5, 0.6) is 0 Å². The highest BCUT2D eigenvalue weighted by atomic mass is 32.1. The molecule has 0 fully saturated rings. The van der Waals surface area contributed by atoms with Gasteiger partial charge in [0.25, 0.3) is 0 Å². The van der Waals surface area contributed by atoms with Gasteiger partial charge in [0, 0.05) is 14.6 Å². The molecule has 0 aromatic carbocycles. The number of hydrogen-bond donors (Lipinski definition) is 2. The van der Waals surface area contributed by atoms with Gasteiger partial charge in [0.1, 0.15) is 0 Å². The normalized spacial score (nSPS) is 16.3. The van der Waals surface area contributed by atoms with Crippen LogP contribution >= 0.6 is 22.7 Å². The molecule has 1 atom stereocenters. The smallest absolute Gasteiger partial charge is 0.0894 e. The van der Waals surface area contributed by atoms with Crippen LogP contribution in [-0.4, -0.2) is 0 Å². The fraction of sp³-hybridized carbons (Fsp3) is 0.333. The van der Waals surface area contributed by atoms with Gasteiger partial charge in [-0.25, -0.2) is 5.43 Å². The van der Waals surface area contributed by atoms with E-state index in [2.05, 4.69) is 29.0 Å². The number of hydrazine groups is 1. The lowest BCUT2D eigenvalue weighted by Crippen LogP contribution is -2.27. The number of rotatable bonds is 3. The summed E-state index contributed by atoms with van der Waals surface area (Å²) >= 11 is 3.67. The molecule has 4 heteroatoms. The predicted octanol–water partition coefficient (Wildman–Crippen LogP) is 2.85. The van der Waals surface area contributed by atoms with Gasteiger partial charge in [-0.1, -0.05) is 6.07 Å². The number of aryl methyl sites for hydroxylation is 2. The Morgan fingerprint density at radius 1 is 1.31 bits per heavy atom. The molecule has 0 bridgehead atoms. The molecule has 2 aromatic heterocycles. The van der Waals surface area contributed by atoms with Crippen molar-refractivity contribution in [3.63, 3.8) is 0 Å². The largest absolute Gasteiger partial charge is 0.271 e. The van der Waals surface area contributed by atoms with Crippen molar-refractivity contribution in [3.8, 4) is 0 Å². The van der Waals surface area contributed by atoms with Crippen molar-refractivity contribution in [2.24, 2.45) is 5.84 Å². The van der Waals surface area contributed by atoms with Crippen LogP contribution in [0.4, 0.5) is 0 Å². The monoisotopic (exact) mass is 250 g/mol. The highest BCUT2D eigenvalue weighted by Gasteiger charge is 2.21. The van der Waals surface area contributed by atoms with Crippen LogP contribution in [0.15, 0.2) is 23.6 Å². The SMILES string of the molecule is NNC(c1cccs1)c1cc2c(s1)CCC2. The van der Waals surface area contributed by atoms with E-state index in [1.165, 1.54) is 34.6 Å². The van der Waals surface area contributed by atoms with E-state index >= 15 is 0 Å². The first-order chi connectivity index (χ1) is 7.88. The van der Waals surface area contributed by atoms with E-state index in [1.54, 1.807) is 16.2 Å². The Bertz CT molecular complexity index is 452. The van der Waals surface area contributed by atoms with E-state index in [0.29, 0.717) is 0 Å². The van der Waals surface area contributed by atoms with Gasteiger partial charge < -0.3 is 0 Å². The van der Waals surface area contributed by atoms with Crippen LogP contribution in [0.3, 0.4) is 0 Å². The molecule has 2 aromatic rings. The van der Waals surface area contributed by atoms with Gasteiger partial charge in [-0.2, -0.15) is 0 Å². The topological polar surface area (TPSA) is 38.0 Å². The number of nitrogens with one attached hydrogen (secondary N) is 1. The number of thiophene rings is 2. The molecule has 0 amide bonds. The third-order valence-corrected chi connectivity index (χ3v) is 5.28. The van der Waals surface area contributed by atoms with E-state index in [4.69, 9.17) is 5.84 Å². The summed E-state index contributed by atoms with van der Waals surface area (Å²) in [6, 6.07) is 6.72. The first-order valence-corrected chi connectivity index (χ1v) is 7.19. The zero-order valence-electron chi connectivity index (χ0n) is 8.90. The molecule has 84 valence electrons. The van der Waals surface area contributed by atoms with E-state index in [-0.39, 0.29) is 6.04 Å². The van der Waals surface area contributed by atoms with Crippen LogP contribution in [-0.2, 0) is 12.8 Å². The average Bonchev–Trinajstić information content (AvgIpc) is 2.91. The summed E-state index contributed by atoms with van der Waals surface area (Å²) in [5.74, 6) is 5.68. The molecule has 16 heavy (non-hydrogen) atoms. The molecule has 2 nitrogen and oxygen atoms in total. The Morgan fingerprint density at radius 2 is 2.25 bits per heavy atom. The van der Waals surface area contributed by atoms with Gasteiger partial charge in [0.15, 0.2) is 0 Å². The second kappa shape index (κ2) is 4.30. The molecule has 3 rings (SSSR count). The lowest BCUT2D eigenvalue weighted by molar-refractivity contribution is 0.656. The van der Waals surface area contributed by atoms with E-state index < -0.39 is 0 Å². The molecule has 2 heterocycles. The minimum Gasteiger partial charge on any atom is -0.271 e. The lowest BCUT2D eigenvalue weighted by atomic mass is 10.1. The first kappa shape index (κ1) is 10.5. The first-order valence-electron chi connectivity index (χ1n) is 5.49. The van der Waals surface area contributed by atoms with Crippen LogP contribution in [0.25, 0.3) is 0 Å². The summed E-state index contributed by atoms with van der Waals surface area (Å²) in [7, 11) is 0. The molecular formula is C12H14N2S2. The highest BCUT2D eigenvalue weighted by Crippen LogP contribution is 2.36. The van der Waals surface area contributed by atoms with Crippen molar-refractivity contribution >= 4 is 22.7 Å². The number of hydrogen-bond acceptors (Lipinski definition) is 4. The molecule has 0 aliphatic heterocycles. The molecule has 1 unspecified atom stereocenters. The second-order valence-corrected chi connectivity index (χ2v) is 6.21. The van der Waals surface area contributed by atoms with Crippen molar-refractivity contribution < 1.29 is 0 Å². The van der Waals surface area contributed by atoms with Crippen LogP contribution < -0.4 is 11.3 Å². The van der Waals surface area contributed by atoms with Crippen molar-refractivity contribution in [3.05, 3.63) is 43.8 Å². The van der Waals surface area contributed by atoms with Crippen molar-refractivity contribution in [2.75, 3.05) is 0 Å². The summed E-state index contributed by atoms with van der Waals surface area (Å²) in [5, 5.41) is 2.10. The number of nitrogens with two attached hydrogens (primary N) is 1. The van der Waals surface area contributed by atoms with Crippen molar-refractivity contribution in [1.29, 1.82) is 0 Å². The molecule has 3 N–H and O–H groups in total. The fourth-order valence-corrected chi connectivity index (χ4v) is 4.47. The second-order valence-electron chi connectivity index (χ2n) is 4.07. The Balaban J connectivity index is 1.95. The average molecular weight is 250 g/mol. The van der Waals surface area contributed by atoms with Crippen LogP contribution in [0.1, 0.15) is 32.7 Å². The Kier molecular flexibility index (Phi) is 2.81. The molecule has 1 aliphatic carbocycles.